The molecule has 0 aliphatic carbocycles. The van der Waals surface area contributed by atoms with Gasteiger partial charge in [-0.1, -0.05) is 42.0 Å². The first-order valence-corrected chi connectivity index (χ1v) is 8.57. The zero-order valence-electron chi connectivity index (χ0n) is 15.2. The van der Waals surface area contributed by atoms with Crippen molar-refractivity contribution < 1.29 is 14.3 Å². The summed E-state index contributed by atoms with van der Waals surface area (Å²) in [5.74, 6) is -0.123. The average molecular weight is 349 g/mol. The lowest BCUT2D eigenvalue weighted by Crippen LogP contribution is -2.42. The van der Waals surface area contributed by atoms with Crippen LogP contribution in [0.2, 0.25) is 0 Å². The first-order chi connectivity index (χ1) is 11.1. The first-order valence-electron chi connectivity index (χ1n) is 8.17. The van der Waals surface area contributed by atoms with Gasteiger partial charge in [0.15, 0.2) is 0 Å². The van der Waals surface area contributed by atoms with E-state index >= 15 is 0 Å². The zero-order valence-corrected chi connectivity index (χ0v) is 16.0. The number of ketones is 1. The van der Waals surface area contributed by atoms with Crippen molar-refractivity contribution in [2.45, 2.75) is 59.5 Å². The molecular weight excluding hydrogens is 322 g/mol. The lowest BCUT2D eigenvalue weighted by atomic mass is 10.1. The summed E-state index contributed by atoms with van der Waals surface area (Å²) in [6.45, 7) is 8.82. The number of hydrogen-bond acceptors (Lipinski definition) is 4. The second-order valence-corrected chi connectivity index (χ2v) is 7.47. The molecule has 0 N–H and O–H groups in total. The normalized spacial score (nSPS) is 11.0. The fourth-order valence-corrected chi connectivity index (χ4v) is 2.41. The van der Waals surface area contributed by atoms with Crippen molar-refractivity contribution in [1.29, 1.82) is 0 Å². The molecule has 0 aliphatic heterocycles. The second kappa shape index (κ2) is 8.92. The quantitative estimate of drug-likeness (QED) is 0.711. The predicted octanol–water partition coefficient (Wildman–Crippen LogP) is 4.47. The van der Waals surface area contributed by atoms with Crippen LogP contribution in [0.15, 0.2) is 24.3 Å². The van der Waals surface area contributed by atoms with E-state index < -0.39 is 11.7 Å². The minimum absolute atomic E-state index is 0.0434. The molecule has 0 radical (unpaired) electrons. The lowest BCUT2D eigenvalue weighted by molar-refractivity contribution is -0.117. The van der Waals surface area contributed by atoms with E-state index in [0.717, 1.165) is 12.8 Å². The Morgan fingerprint density at radius 2 is 1.75 bits per heavy atom. The highest BCUT2D eigenvalue weighted by atomic mass is 32.1. The second-order valence-electron chi connectivity index (χ2n) is 7.00. The number of hydrogen-bond donors (Lipinski definition) is 0. The molecule has 0 aromatic heterocycles. The third-order valence-corrected chi connectivity index (χ3v) is 3.70. The van der Waals surface area contributed by atoms with Gasteiger partial charge in [-0.05, 0) is 59.4 Å². The summed E-state index contributed by atoms with van der Waals surface area (Å²) in [5.41, 5.74) is 1.84. The molecule has 1 amide bonds. The Hall–Kier alpha value is -1.75. The van der Waals surface area contributed by atoms with Gasteiger partial charge in [0.2, 0.25) is 0 Å². The van der Waals surface area contributed by atoms with Crippen LogP contribution in [0.25, 0.3) is 0 Å². The Bertz CT molecular complexity index is 588. The van der Waals surface area contributed by atoms with Crippen molar-refractivity contribution in [3.63, 3.8) is 0 Å². The van der Waals surface area contributed by atoms with Crippen LogP contribution in [-0.4, -0.2) is 33.9 Å². The molecule has 132 valence electrons. The summed E-state index contributed by atoms with van der Waals surface area (Å²) in [6.07, 6.45) is 1.70. The van der Waals surface area contributed by atoms with Crippen LogP contribution in [0, 0.1) is 6.92 Å². The van der Waals surface area contributed by atoms with Gasteiger partial charge in [0, 0.05) is 0 Å². The van der Waals surface area contributed by atoms with Gasteiger partial charge in [-0.15, -0.1) is 0 Å². The van der Waals surface area contributed by atoms with Gasteiger partial charge in [0.1, 0.15) is 11.4 Å². The SMILES string of the molecule is CC(=O)CN(C(=O)OC(C)(C)C)C(=S)CCCc1ccc(C)cc1. The standard InChI is InChI=1S/C19H27NO3S/c1-14-9-11-16(12-10-14)7-6-8-17(24)20(13-15(2)21)18(22)23-19(3,4)5/h9-12H,6-8,13H2,1-5H3. The van der Waals surface area contributed by atoms with Crippen LogP contribution in [0.1, 0.15) is 51.7 Å². The molecule has 0 aliphatic rings. The Kier molecular flexibility index (Phi) is 7.55. The van der Waals surface area contributed by atoms with Crippen LogP contribution < -0.4 is 0 Å². The minimum Gasteiger partial charge on any atom is -0.443 e. The van der Waals surface area contributed by atoms with Crippen molar-refractivity contribution in [1.82, 2.24) is 4.90 Å². The van der Waals surface area contributed by atoms with E-state index in [9.17, 15) is 9.59 Å². The molecule has 1 aromatic carbocycles. The highest BCUT2D eigenvalue weighted by Crippen LogP contribution is 2.13. The number of ether oxygens (including phenoxy) is 1. The molecule has 1 rings (SSSR count). The fourth-order valence-electron chi connectivity index (χ4n) is 2.13. The van der Waals surface area contributed by atoms with Crippen molar-refractivity contribution in [3.05, 3.63) is 35.4 Å². The Morgan fingerprint density at radius 1 is 1.17 bits per heavy atom. The molecule has 0 unspecified atom stereocenters. The highest BCUT2D eigenvalue weighted by Gasteiger charge is 2.25. The summed E-state index contributed by atoms with van der Waals surface area (Å²) < 4.78 is 5.35. The molecule has 0 spiro atoms. The summed E-state index contributed by atoms with van der Waals surface area (Å²) in [6, 6.07) is 8.35. The maximum atomic E-state index is 12.3. The number of rotatable bonds is 6. The van der Waals surface area contributed by atoms with E-state index in [1.807, 2.05) is 0 Å². The summed E-state index contributed by atoms with van der Waals surface area (Å²) >= 11 is 5.37. The van der Waals surface area contributed by atoms with Crippen molar-refractivity contribution in [2.75, 3.05) is 6.54 Å². The van der Waals surface area contributed by atoms with E-state index in [4.69, 9.17) is 17.0 Å². The van der Waals surface area contributed by atoms with Gasteiger partial charge in [0.25, 0.3) is 0 Å². The number of carbonyl (C=O) groups is 2. The average Bonchev–Trinajstić information content (AvgIpc) is 2.44. The Balaban J connectivity index is 2.62. The number of benzene rings is 1. The molecule has 24 heavy (non-hydrogen) atoms. The number of Topliss-reactive ketones (excluding diaryl/α,β-unsaturated/α-hetero) is 1. The van der Waals surface area contributed by atoms with Gasteiger partial charge in [-0.3, -0.25) is 9.69 Å². The van der Waals surface area contributed by atoms with Crippen molar-refractivity contribution in [2.24, 2.45) is 0 Å². The van der Waals surface area contributed by atoms with Gasteiger partial charge >= 0.3 is 6.09 Å². The van der Waals surface area contributed by atoms with Gasteiger partial charge in [-0.25, -0.2) is 4.79 Å². The first kappa shape index (κ1) is 20.3. The Labute approximate surface area is 150 Å². The molecule has 5 heteroatoms. The van der Waals surface area contributed by atoms with E-state index in [1.54, 1.807) is 20.8 Å². The predicted molar refractivity (Wildman–Crippen MR) is 100 cm³/mol. The van der Waals surface area contributed by atoms with E-state index in [2.05, 4.69) is 31.2 Å². The maximum Gasteiger partial charge on any atom is 0.415 e. The number of nitrogens with zero attached hydrogens (tertiary/aromatic N) is 1. The smallest absolute Gasteiger partial charge is 0.415 e. The molecule has 0 bridgehead atoms. The maximum absolute atomic E-state index is 12.3. The number of thiocarbonyl (C=S) groups is 1. The monoisotopic (exact) mass is 349 g/mol. The summed E-state index contributed by atoms with van der Waals surface area (Å²) in [4.78, 5) is 25.4. The van der Waals surface area contributed by atoms with Gasteiger partial charge < -0.3 is 4.74 Å². The van der Waals surface area contributed by atoms with Crippen molar-refractivity contribution >= 4 is 29.1 Å². The molecular formula is C19H27NO3S. The summed E-state index contributed by atoms with van der Waals surface area (Å²) in [5, 5.41) is 0. The minimum atomic E-state index is -0.621. The number of aryl methyl sites for hydroxylation is 2. The van der Waals surface area contributed by atoms with Crippen LogP contribution in [0.4, 0.5) is 4.79 Å². The number of amides is 1. The third-order valence-electron chi connectivity index (χ3n) is 3.27. The van der Waals surface area contributed by atoms with Crippen molar-refractivity contribution in [3.8, 4) is 0 Å². The fraction of sp³-hybridized carbons (Fsp3) is 0.526. The van der Waals surface area contributed by atoms with Crippen LogP contribution in [0.5, 0.6) is 0 Å². The molecule has 0 fully saturated rings. The van der Waals surface area contributed by atoms with E-state index in [1.165, 1.54) is 23.0 Å². The third kappa shape index (κ3) is 7.68. The van der Waals surface area contributed by atoms with Crippen LogP contribution in [0.3, 0.4) is 0 Å². The topological polar surface area (TPSA) is 46.6 Å². The molecule has 4 nitrogen and oxygen atoms in total. The van der Waals surface area contributed by atoms with E-state index in [0.29, 0.717) is 11.4 Å². The molecule has 0 saturated carbocycles. The lowest BCUT2D eigenvalue weighted by Gasteiger charge is -2.27. The number of carbonyl (C=O) groups excluding carboxylic acids is 2. The van der Waals surface area contributed by atoms with Gasteiger partial charge in [0.05, 0.1) is 11.5 Å². The summed E-state index contributed by atoms with van der Waals surface area (Å²) in [7, 11) is 0. The van der Waals surface area contributed by atoms with Crippen LogP contribution in [-0.2, 0) is 16.0 Å². The molecule has 0 heterocycles. The highest BCUT2D eigenvalue weighted by molar-refractivity contribution is 7.80. The van der Waals surface area contributed by atoms with Crippen LogP contribution >= 0.6 is 12.2 Å². The zero-order chi connectivity index (χ0) is 18.3. The Morgan fingerprint density at radius 3 is 2.25 bits per heavy atom. The molecule has 1 aromatic rings. The molecule has 0 saturated heterocycles. The van der Waals surface area contributed by atoms with Gasteiger partial charge in [-0.2, -0.15) is 0 Å². The van der Waals surface area contributed by atoms with E-state index in [-0.39, 0.29) is 12.3 Å². The largest absolute Gasteiger partial charge is 0.443 e. The molecule has 0 atom stereocenters.